The van der Waals surface area contributed by atoms with E-state index < -0.39 is 0 Å². The molecule has 4 heteroatoms. The van der Waals surface area contributed by atoms with Gasteiger partial charge in [0, 0.05) is 6.54 Å². The van der Waals surface area contributed by atoms with Crippen LogP contribution in [0.5, 0.6) is 0 Å². The summed E-state index contributed by atoms with van der Waals surface area (Å²) in [6, 6.07) is -0.205. The van der Waals surface area contributed by atoms with E-state index in [1.54, 1.807) is 0 Å². The minimum Gasteiger partial charge on any atom is -0.395 e. The van der Waals surface area contributed by atoms with Gasteiger partial charge in [0.15, 0.2) is 0 Å². The summed E-state index contributed by atoms with van der Waals surface area (Å²) in [5, 5.41) is 21.0. The molecule has 0 aromatic heterocycles. The molecule has 1 heterocycles. The van der Waals surface area contributed by atoms with Gasteiger partial charge in [-0.05, 0) is 25.7 Å². The van der Waals surface area contributed by atoms with Crippen LogP contribution in [0.4, 0.5) is 0 Å². The van der Waals surface area contributed by atoms with Crippen molar-refractivity contribution >= 4 is 0 Å². The molecule has 0 bridgehead atoms. The normalized spacial score (nSPS) is 28.3. The summed E-state index contributed by atoms with van der Waals surface area (Å²) in [5.41, 5.74) is 0.181. The molecule has 0 amide bonds. The molecule has 1 spiro atoms. The molecule has 1 unspecified atom stereocenters. The van der Waals surface area contributed by atoms with E-state index in [1.807, 2.05) is 0 Å². The first-order valence-electron chi connectivity index (χ1n) is 6.41. The average molecular weight is 229 g/mol. The Hall–Kier alpha value is -0.160. The Balaban J connectivity index is 1.72. The summed E-state index contributed by atoms with van der Waals surface area (Å²) < 4.78 is 6.12. The predicted molar refractivity (Wildman–Crippen MR) is 61.3 cm³/mol. The molecule has 0 aromatic carbocycles. The summed E-state index contributed by atoms with van der Waals surface area (Å²) in [4.78, 5) is 0. The van der Waals surface area contributed by atoms with E-state index in [0.29, 0.717) is 0 Å². The third-order valence-corrected chi connectivity index (χ3v) is 3.93. The highest BCUT2D eigenvalue weighted by atomic mass is 16.5. The fraction of sp³-hybridized carbons (Fsp3) is 1.00. The molecular formula is C12H23NO3. The maximum Gasteiger partial charge on any atom is 0.0708 e. The molecule has 1 saturated carbocycles. The largest absolute Gasteiger partial charge is 0.395 e. The van der Waals surface area contributed by atoms with Gasteiger partial charge in [0.05, 0.1) is 31.0 Å². The quantitative estimate of drug-likeness (QED) is 0.639. The molecular weight excluding hydrogens is 206 g/mol. The zero-order chi connectivity index (χ0) is 11.4. The second-order valence-corrected chi connectivity index (χ2v) is 5.14. The maximum absolute atomic E-state index is 8.94. The van der Waals surface area contributed by atoms with Crippen LogP contribution in [0.25, 0.3) is 0 Å². The lowest BCUT2D eigenvalue weighted by Gasteiger charge is -2.24. The fourth-order valence-electron chi connectivity index (χ4n) is 2.91. The van der Waals surface area contributed by atoms with Crippen molar-refractivity contribution in [1.29, 1.82) is 0 Å². The van der Waals surface area contributed by atoms with Gasteiger partial charge in [-0.25, -0.2) is 0 Å². The second-order valence-electron chi connectivity index (χ2n) is 5.14. The molecule has 1 aliphatic heterocycles. The van der Waals surface area contributed by atoms with Crippen LogP contribution in [-0.2, 0) is 4.74 Å². The molecule has 1 saturated heterocycles. The fourth-order valence-corrected chi connectivity index (χ4v) is 2.91. The predicted octanol–water partition coefficient (Wildman–Crippen LogP) is 0.421. The van der Waals surface area contributed by atoms with Gasteiger partial charge in [-0.15, -0.1) is 0 Å². The SMILES string of the molecule is OCC(CO)NCC1CCC2(CCCC2)O1. The first-order chi connectivity index (χ1) is 7.78. The van der Waals surface area contributed by atoms with Gasteiger partial charge in [0.2, 0.25) is 0 Å². The van der Waals surface area contributed by atoms with Crippen molar-refractivity contribution in [3.8, 4) is 0 Å². The highest BCUT2D eigenvalue weighted by Gasteiger charge is 2.41. The number of ether oxygens (including phenoxy) is 1. The van der Waals surface area contributed by atoms with Crippen LogP contribution in [0, 0.1) is 0 Å². The van der Waals surface area contributed by atoms with Crippen LogP contribution in [0.3, 0.4) is 0 Å². The number of aliphatic hydroxyl groups excluding tert-OH is 2. The number of nitrogens with one attached hydrogen (secondary N) is 1. The molecule has 0 radical (unpaired) electrons. The Morgan fingerprint density at radius 2 is 1.88 bits per heavy atom. The van der Waals surface area contributed by atoms with E-state index in [-0.39, 0.29) is 31.0 Å². The Morgan fingerprint density at radius 3 is 2.50 bits per heavy atom. The third-order valence-electron chi connectivity index (χ3n) is 3.93. The van der Waals surface area contributed by atoms with Crippen molar-refractivity contribution < 1.29 is 14.9 Å². The summed E-state index contributed by atoms with van der Waals surface area (Å²) in [6.07, 6.45) is 7.59. The van der Waals surface area contributed by atoms with Crippen LogP contribution < -0.4 is 5.32 Å². The van der Waals surface area contributed by atoms with E-state index in [0.717, 1.165) is 13.0 Å². The first-order valence-corrected chi connectivity index (χ1v) is 6.41. The molecule has 2 fully saturated rings. The Bertz CT molecular complexity index is 212. The molecule has 1 atom stereocenters. The number of hydrogen-bond acceptors (Lipinski definition) is 4. The van der Waals surface area contributed by atoms with Crippen molar-refractivity contribution in [2.75, 3.05) is 19.8 Å². The first kappa shape index (κ1) is 12.3. The lowest BCUT2D eigenvalue weighted by Crippen LogP contribution is -2.41. The highest BCUT2D eigenvalue weighted by molar-refractivity contribution is 4.93. The molecule has 4 nitrogen and oxygen atoms in total. The van der Waals surface area contributed by atoms with Crippen LogP contribution in [0.2, 0.25) is 0 Å². The van der Waals surface area contributed by atoms with Crippen LogP contribution >= 0.6 is 0 Å². The van der Waals surface area contributed by atoms with Gasteiger partial charge < -0.3 is 20.3 Å². The monoisotopic (exact) mass is 229 g/mol. The van der Waals surface area contributed by atoms with Crippen LogP contribution in [0.15, 0.2) is 0 Å². The molecule has 2 aliphatic rings. The maximum atomic E-state index is 8.94. The number of hydrogen-bond donors (Lipinski definition) is 3. The van der Waals surface area contributed by atoms with Gasteiger partial charge in [0.1, 0.15) is 0 Å². The van der Waals surface area contributed by atoms with Gasteiger partial charge >= 0.3 is 0 Å². The van der Waals surface area contributed by atoms with Gasteiger partial charge in [0.25, 0.3) is 0 Å². The number of rotatable bonds is 5. The molecule has 2 rings (SSSR count). The lowest BCUT2D eigenvalue weighted by molar-refractivity contribution is -0.0368. The van der Waals surface area contributed by atoms with E-state index in [1.165, 1.54) is 32.1 Å². The van der Waals surface area contributed by atoms with Crippen LogP contribution in [-0.4, -0.2) is 47.7 Å². The second kappa shape index (κ2) is 5.45. The smallest absolute Gasteiger partial charge is 0.0708 e. The zero-order valence-corrected chi connectivity index (χ0v) is 9.82. The molecule has 94 valence electrons. The average Bonchev–Trinajstić information content (AvgIpc) is 2.92. The topological polar surface area (TPSA) is 61.7 Å². The summed E-state index contributed by atoms with van der Waals surface area (Å²) >= 11 is 0. The summed E-state index contributed by atoms with van der Waals surface area (Å²) in [6.45, 7) is 0.705. The van der Waals surface area contributed by atoms with E-state index in [4.69, 9.17) is 14.9 Å². The van der Waals surface area contributed by atoms with Gasteiger partial charge in [-0.1, -0.05) is 12.8 Å². The Morgan fingerprint density at radius 1 is 1.19 bits per heavy atom. The standard InChI is InChI=1S/C12H23NO3/c14-8-10(9-15)13-7-11-3-6-12(16-11)4-1-2-5-12/h10-11,13-15H,1-9H2. The molecule has 16 heavy (non-hydrogen) atoms. The van der Waals surface area contributed by atoms with E-state index in [9.17, 15) is 0 Å². The van der Waals surface area contributed by atoms with Gasteiger partial charge in [-0.2, -0.15) is 0 Å². The molecule has 0 aromatic rings. The summed E-state index contributed by atoms with van der Waals surface area (Å²) in [5.74, 6) is 0. The van der Waals surface area contributed by atoms with E-state index >= 15 is 0 Å². The number of aliphatic hydroxyl groups is 2. The van der Waals surface area contributed by atoms with Crippen molar-refractivity contribution in [2.24, 2.45) is 0 Å². The van der Waals surface area contributed by atoms with Crippen molar-refractivity contribution in [1.82, 2.24) is 5.32 Å². The highest BCUT2D eigenvalue weighted by Crippen LogP contribution is 2.43. The van der Waals surface area contributed by atoms with E-state index in [2.05, 4.69) is 5.32 Å². The van der Waals surface area contributed by atoms with Crippen LogP contribution in [0.1, 0.15) is 38.5 Å². The van der Waals surface area contributed by atoms with Crippen molar-refractivity contribution in [2.45, 2.75) is 56.3 Å². The Kier molecular flexibility index (Phi) is 4.19. The molecule has 1 aliphatic carbocycles. The summed E-state index contributed by atoms with van der Waals surface area (Å²) in [7, 11) is 0. The minimum absolute atomic E-state index is 0.0195. The lowest BCUT2D eigenvalue weighted by atomic mass is 9.98. The zero-order valence-electron chi connectivity index (χ0n) is 9.82. The Labute approximate surface area is 97.0 Å². The third kappa shape index (κ3) is 2.74. The van der Waals surface area contributed by atoms with Crippen molar-refractivity contribution in [3.05, 3.63) is 0 Å². The van der Waals surface area contributed by atoms with Crippen molar-refractivity contribution in [3.63, 3.8) is 0 Å². The molecule has 3 N–H and O–H groups in total. The minimum atomic E-state index is -0.205. The van der Waals surface area contributed by atoms with Gasteiger partial charge in [-0.3, -0.25) is 0 Å².